The van der Waals surface area contributed by atoms with Crippen LogP contribution in [0.2, 0.25) is 0 Å². The van der Waals surface area contributed by atoms with Crippen LogP contribution in [0.3, 0.4) is 0 Å². The average Bonchev–Trinajstić information content (AvgIpc) is 3.72. The summed E-state index contributed by atoms with van der Waals surface area (Å²) in [6.07, 6.45) is 0.633. The van der Waals surface area contributed by atoms with E-state index in [0.29, 0.717) is 51.4 Å². The lowest BCUT2D eigenvalue weighted by Gasteiger charge is -2.61. The van der Waals surface area contributed by atoms with Gasteiger partial charge >= 0.3 is 5.97 Å². The van der Waals surface area contributed by atoms with Gasteiger partial charge in [0.05, 0.1) is 67.0 Å². The molecule has 0 amide bonds. The molecule has 73 heavy (non-hydrogen) atoms. The van der Waals surface area contributed by atoms with Gasteiger partial charge in [0.25, 0.3) is 0 Å². The number of Topliss-reactive ketones (excluding diaryl/α,β-unsaturated/α-hetero) is 1. The lowest BCUT2D eigenvalue weighted by molar-refractivity contribution is -0.347. The number of carbonyl (C=O) groups is 2. The van der Waals surface area contributed by atoms with Crippen LogP contribution in [0.15, 0.2) is 22.8 Å². The lowest BCUT2D eigenvalue weighted by atomic mass is 9.46. The maximum absolute atomic E-state index is 13.5. The van der Waals surface area contributed by atoms with Crippen LogP contribution in [0, 0.1) is 28.6 Å². The zero-order valence-electron chi connectivity index (χ0n) is 46.2. The van der Waals surface area contributed by atoms with E-state index in [9.17, 15) is 19.8 Å². The van der Waals surface area contributed by atoms with Gasteiger partial charge in [-0.3, -0.25) is 9.59 Å². The van der Waals surface area contributed by atoms with Crippen LogP contribution in [0.25, 0.3) is 0 Å². The van der Waals surface area contributed by atoms with E-state index in [0.717, 1.165) is 30.4 Å². The Bertz CT molecular complexity index is 1980. The first-order valence-electron chi connectivity index (χ1n) is 27.3. The molecule has 4 heterocycles. The SMILES string of the molecule is CO[C@H]1C[C@H](O[C@@H]2[C@H](C)O[C@@H](O[C@H]3[C@@H](OC)C[C@H](O[C@H]4CC[C@@]5(C)C(=CC[C@@]6(O)[C@@H]7CC[C@@](C)(C(C)=O)C7C(OC(=O)CC(C)=C(C)C)C[C@@H]65)C4)O[C@@H]3C)C[C@@H]2OC)O[C@@H](C)[C@H]1O[C@H]1C[C@@H](OC)[C@@H](O)[C@H](C)O1. The Morgan fingerprint density at radius 2 is 1.12 bits per heavy atom. The van der Waals surface area contributed by atoms with E-state index in [4.69, 9.17) is 61.6 Å². The van der Waals surface area contributed by atoms with Crippen molar-refractivity contribution in [2.45, 2.75) is 263 Å². The summed E-state index contributed by atoms with van der Waals surface area (Å²) in [5.74, 6) is -0.709. The highest BCUT2D eigenvalue weighted by molar-refractivity contribution is 5.83. The Morgan fingerprint density at radius 3 is 1.60 bits per heavy atom. The number of ketones is 1. The number of allylic oxidation sites excluding steroid dienone is 1. The highest BCUT2D eigenvalue weighted by atomic mass is 16.8. The minimum absolute atomic E-state index is 0.0958. The number of ether oxygens (including phenoxy) is 13. The molecule has 17 nitrogen and oxygen atoms in total. The summed E-state index contributed by atoms with van der Waals surface area (Å²) in [7, 11) is 6.57. The van der Waals surface area contributed by atoms with Crippen molar-refractivity contribution in [1.29, 1.82) is 0 Å². The van der Waals surface area contributed by atoms with Crippen LogP contribution < -0.4 is 0 Å². The number of carbonyl (C=O) groups excluding carboxylic acids is 2. The van der Waals surface area contributed by atoms with Gasteiger partial charge in [0.1, 0.15) is 36.3 Å². The molecule has 4 aliphatic carbocycles. The fourth-order valence-electron chi connectivity index (χ4n) is 14.5. The van der Waals surface area contributed by atoms with Crippen molar-refractivity contribution in [1.82, 2.24) is 0 Å². The van der Waals surface area contributed by atoms with Gasteiger partial charge in [0.15, 0.2) is 25.2 Å². The molecule has 2 N–H and O–H groups in total. The van der Waals surface area contributed by atoms with Gasteiger partial charge in [-0.2, -0.15) is 0 Å². The van der Waals surface area contributed by atoms with E-state index < -0.39 is 91.1 Å². The van der Waals surface area contributed by atoms with E-state index in [1.54, 1.807) is 42.3 Å². The third kappa shape index (κ3) is 11.5. The summed E-state index contributed by atoms with van der Waals surface area (Å²) in [5, 5.41) is 23.4. The molecule has 8 rings (SSSR count). The second-order valence-electron chi connectivity index (χ2n) is 23.7. The molecule has 7 fully saturated rings. The zero-order valence-corrected chi connectivity index (χ0v) is 46.2. The van der Waals surface area contributed by atoms with Crippen molar-refractivity contribution in [3.63, 3.8) is 0 Å². The van der Waals surface area contributed by atoms with E-state index in [1.807, 2.05) is 48.5 Å². The van der Waals surface area contributed by atoms with Crippen LogP contribution in [-0.4, -0.2) is 167 Å². The van der Waals surface area contributed by atoms with Crippen molar-refractivity contribution in [3.8, 4) is 0 Å². The van der Waals surface area contributed by atoms with Gasteiger partial charge < -0.3 is 71.8 Å². The summed E-state index contributed by atoms with van der Waals surface area (Å²) < 4.78 is 82.0. The second-order valence-corrected chi connectivity index (χ2v) is 23.7. The third-order valence-corrected chi connectivity index (χ3v) is 19.2. The predicted octanol–water partition coefficient (Wildman–Crippen LogP) is 7.04. The highest BCUT2D eigenvalue weighted by Gasteiger charge is 2.68. The molecule has 0 radical (unpaired) electrons. The van der Waals surface area contributed by atoms with Gasteiger partial charge in [-0.25, -0.2) is 0 Å². The van der Waals surface area contributed by atoms with Gasteiger partial charge in [0.2, 0.25) is 0 Å². The second kappa shape index (κ2) is 23.2. The summed E-state index contributed by atoms with van der Waals surface area (Å²) in [6, 6.07) is 0. The minimum atomic E-state index is -1.01. The normalized spacial score (nSPS) is 47.9. The number of aliphatic hydroxyl groups excluding tert-OH is 1. The molecule has 8 aliphatic rings. The lowest BCUT2D eigenvalue weighted by Crippen LogP contribution is -2.64. The third-order valence-electron chi connectivity index (χ3n) is 19.2. The molecule has 416 valence electrons. The number of fused-ring (bicyclic) bond motifs is 5. The molecular weight excluding hydrogens is 945 g/mol. The molecule has 0 spiro atoms. The predicted molar refractivity (Wildman–Crippen MR) is 266 cm³/mol. The molecule has 17 heteroatoms. The van der Waals surface area contributed by atoms with Crippen molar-refractivity contribution >= 4 is 11.8 Å². The molecule has 0 aromatic heterocycles. The molecule has 0 aromatic carbocycles. The Balaban J connectivity index is 0.856. The molecule has 4 saturated heterocycles. The van der Waals surface area contributed by atoms with Gasteiger partial charge in [-0.05, 0) is 112 Å². The van der Waals surface area contributed by atoms with Crippen molar-refractivity contribution < 1.29 is 81.4 Å². The fourth-order valence-corrected chi connectivity index (χ4v) is 14.5. The van der Waals surface area contributed by atoms with Gasteiger partial charge in [-0.1, -0.05) is 36.6 Å². The number of rotatable bonds is 16. The maximum Gasteiger partial charge on any atom is 0.310 e. The fraction of sp³-hybridized carbons (Fsp3) is 0.893. The number of hydrogen-bond acceptors (Lipinski definition) is 17. The first kappa shape index (κ1) is 57.2. The van der Waals surface area contributed by atoms with Gasteiger partial charge in [0, 0.05) is 71.4 Å². The van der Waals surface area contributed by atoms with Gasteiger partial charge in [-0.15, -0.1) is 0 Å². The highest BCUT2D eigenvalue weighted by Crippen LogP contribution is 2.67. The monoisotopic (exact) mass is 1030 g/mol. The largest absolute Gasteiger partial charge is 0.462 e. The minimum Gasteiger partial charge on any atom is -0.462 e. The van der Waals surface area contributed by atoms with Crippen molar-refractivity contribution in [3.05, 3.63) is 22.8 Å². The van der Waals surface area contributed by atoms with E-state index in [2.05, 4.69) is 13.0 Å². The first-order valence-corrected chi connectivity index (χ1v) is 27.3. The van der Waals surface area contributed by atoms with E-state index in [-0.39, 0.29) is 71.9 Å². The quantitative estimate of drug-likeness (QED) is 0.118. The molecule has 0 aromatic rings. The maximum atomic E-state index is 13.5. The van der Waals surface area contributed by atoms with Crippen LogP contribution in [0.5, 0.6) is 0 Å². The number of methoxy groups -OCH3 is 4. The average molecular weight is 1040 g/mol. The van der Waals surface area contributed by atoms with Crippen molar-refractivity contribution in [2.75, 3.05) is 28.4 Å². The molecule has 24 atom stereocenters. The smallest absolute Gasteiger partial charge is 0.310 e. The zero-order chi connectivity index (χ0) is 52.9. The molecule has 0 bridgehead atoms. The first-order chi connectivity index (χ1) is 34.6. The van der Waals surface area contributed by atoms with Crippen molar-refractivity contribution in [2.24, 2.45) is 28.6 Å². The molecule has 4 aliphatic heterocycles. The molecule has 3 saturated carbocycles. The van der Waals surface area contributed by atoms with E-state index in [1.165, 1.54) is 5.57 Å². The number of hydrogen-bond donors (Lipinski definition) is 2. The number of esters is 1. The Hall–Kier alpha value is -1.94. The van der Waals surface area contributed by atoms with Crippen LogP contribution in [-0.2, 0) is 71.2 Å². The molecule has 2 unspecified atom stereocenters. The Morgan fingerprint density at radius 1 is 0.644 bits per heavy atom. The Labute approximate surface area is 434 Å². The standard InChI is InChI=1S/C56H90O17/c1-28(2)29(3)21-44(58)70-38-23-43-55(10)18-16-36(22-35(55)15-20-56(43,60)37-17-19-54(9,34(8)57)49(37)38)69-45-25-40(62-12)51(31(5)66-45)72-47-27-42(64-14)53(33(7)68-47)73-48-26-41(63-13)52(32(6)67-48)71-46-24-39(61-11)50(59)30(4)65-46/h15,30-33,36-43,45-53,59-60H,16-27H2,1-14H3/t30-,31+,32-,33-,36-,37+,38?,39+,40-,41-,42-,43+,45-,46-,47-,48-,49?,50-,51+,52+,53+,54-,55-,56+/m0/s1. The van der Waals surface area contributed by atoms with Crippen LogP contribution in [0.4, 0.5) is 0 Å². The topological polar surface area (TPSA) is 195 Å². The van der Waals surface area contributed by atoms with Crippen LogP contribution >= 0.6 is 0 Å². The number of aliphatic hydroxyl groups is 2. The molecular formula is C56H90O17. The van der Waals surface area contributed by atoms with E-state index >= 15 is 0 Å². The summed E-state index contributed by atoms with van der Waals surface area (Å²) in [6.45, 7) is 19.6. The summed E-state index contributed by atoms with van der Waals surface area (Å²) in [4.78, 5) is 26.9. The Kier molecular flexibility index (Phi) is 18.2. The summed E-state index contributed by atoms with van der Waals surface area (Å²) in [5.41, 5.74) is 1.34. The summed E-state index contributed by atoms with van der Waals surface area (Å²) >= 11 is 0. The van der Waals surface area contributed by atoms with Crippen LogP contribution in [0.1, 0.15) is 146 Å².